The van der Waals surface area contributed by atoms with Gasteiger partial charge in [-0.3, -0.25) is 19.7 Å². The number of nitrogens with one attached hydrogen (secondary N) is 1. The Morgan fingerprint density at radius 1 is 1.40 bits per heavy atom. The number of rotatable bonds is 4. The average molecular weight is 276 g/mol. The molecule has 0 unspecified atom stereocenters. The van der Waals surface area contributed by atoms with Crippen molar-refractivity contribution in [1.82, 2.24) is 4.98 Å². The number of H-pyrrole nitrogens is 1. The first-order chi connectivity index (χ1) is 9.43. The summed E-state index contributed by atoms with van der Waals surface area (Å²) in [5.41, 5.74) is 1.36. The van der Waals surface area contributed by atoms with E-state index in [1.807, 2.05) is 0 Å². The molecule has 1 aromatic carbocycles. The van der Waals surface area contributed by atoms with Crippen molar-refractivity contribution in [3.05, 3.63) is 39.6 Å². The molecule has 0 saturated carbocycles. The largest absolute Gasteiger partial charge is 0.469 e. The van der Waals surface area contributed by atoms with Gasteiger partial charge in [0.05, 0.1) is 12.0 Å². The molecule has 104 valence electrons. The third-order valence-corrected chi connectivity index (χ3v) is 2.99. The summed E-state index contributed by atoms with van der Waals surface area (Å²) in [4.78, 5) is 36.5. The normalized spacial score (nSPS) is 10.5. The number of nitro groups is 1. The van der Waals surface area contributed by atoms with Gasteiger partial charge in [-0.15, -0.1) is 0 Å². The van der Waals surface area contributed by atoms with E-state index < -0.39 is 23.1 Å². The molecule has 1 aromatic heterocycles. The van der Waals surface area contributed by atoms with E-state index >= 15 is 0 Å². The molecule has 2 aromatic rings. The van der Waals surface area contributed by atoms with E-state index in [0.717, 1.165) is 0 Å². The first-order valence-corrected chi connectivity index (χ1v) is 5.80. The number of carbonyl (C=O) groups is 2. The van der Waals surface area contributed by atoms with Crippen molar-refractivity contribution in [2.45, 2.75) is 13.3 Å². The summed E-state index contributed by atoms with van der Waals surface area (Å²) >= 11 is 0. The molecule has 1 heterocycles. The number of aryl methyl sites for hydroxylation is 1. The number of nitro benzene ring substituents is 1. The minimum atomic E-state index is -0.644. The van der Waals surface area contributed by atoms with E-state index in [4.69, 9.17) is 0 Å². The smallest absolute Gasteiger partial charge is 0.313 e. The Kier molecular flexibility index (Phi) is 3.51. The van der Waals surface area contributed by atoms with E-state index in [2.05, 4.69) is 9.72 Å². The number of non-ortho nitro benzene ring substituents is 1. The van der Waals surface area contributed by atoms with Crippen LogP contribution in [0.5, 0.6) is 0 Å². The standard InChI is InChI=1S/C13H12N2O5/c1-7-13(11(16)6-12(17)20-2)9-5-8(15(18)19)3-4-10(9)14-7/h3-5,14H,6H2,1-2H3. The van der Waals surface area contributed by atoms with Crippen molar-refractivity contribution in [3.8, 4) is 0 Å². The van der Waals surface area contributed by atoms with Gasteiger partial charge < -0.3 is 9.72 Å². The molecule has 20 heavy (non-hydrogen) atoms. The number of fused-ring (bicyclic) bond motifs is 1. The highest BCUT2D eigenvalue weighted by Gasteiger charge is 2.20. The summed E-state index contributed by atoms with van der Waals surface area (Å²) in [6.07, 6.45) is -0.396. The minimum absolute atomic E-state index is 0.108. The Hall–Kier alpha value is -2.70. The van der Waals surface area contributed by atoms with E-state index in [1.54, 1.807) is 6.92 Å². The number of hydrogen-bond acceptors (Lipinski definition) is 5. The molecule has 0 aliphatic rings. The van der Waals surface area contributed by atoms with Gasteiger partial charge in [0.15, 0.2) is 5.78 Å². The number of nitrogens with zero attached hydrogens (tertiary/aromatic N) is 1. The molecule has 0 saturated heterocycles. The van der Waals surface area contributed by atoms with Gasteiger partial charge >= 0.3 is 5.97 Å². The number of esters is 1. The van der Waals surface area contributed by atoms with Crippen molar-refractivity contribution in [2.75, 3.05) is 7.11 Å². The molecule has 7 heteroatoms. The zero-order valence-electron chi connectivity index (χ0n) is 10.9. The summed E-state index contributed by atoms with van der Waals surface area (Å²) in [5.74, 6) is -1.07. The second kappa shape index (κ2) is 5.12. The summed E-state index contributed by atoms with van der Waals surface area (Å²) in [7, 11) is 1.20. The van der Waals surface area contributed by atoms with Crippen LogP contribution in [0, 0.1) is 17.0 Å². The fourth-order valence-corrected chi connectivity index (χ4v) is 2.08. The Balaban J connectivity index is 2.53. The van der Waals surface area contributed by atoms with Crippen molar-refractivity contribution in [2.24, 2.45) is 0 Å². The number of carbonyl (C=O) groups excluding carboxylic acids is 2. The van der Waals surface area contributed by atoms with Crippen LogP contribution in [0.25, 0.3) is 10.9 Å². The molecule has 0 aliphatic heterocycles. The number of ketones is 1. The van der Waals surface area contributed by atoms with Crippen LogP contribution < -0.4 is 0 Å². The maximum Gasteiger partial charge on any atom is 0.313 e. The maximum atomic E-state index is 12.1. The Labute approximate surface area is 113 Å². The van der Waals surface area contributed by atoms with Crippen molar-refractivity contribution >= 4 is 28.3 Å². The first kappa shape index (κ1) is 13.7. The number of ether oxygens (including phenoxy) is 1. The molecule has 0 bridgehead atoms. The summed E-state index contributed by atoms with van der Waals surface area (Å²) in [6.45, 7) is 1.68. The molecule has 1 N–H and O–H groups in total. The van der Waals surface area contributed by atoms with E-state index in [9.17, 15) is 19.7 Å². The Morgan fingerprint density at radius 3 is 2.70 bits per heavy atom. The van der Waals surface area contributed by atoms with Crippen LogP contribution in [0.2, 0.25) is 0 Å². The zero-order valence-corrected chi connectivity index (χ0v) is 10.9. The first-order valence-electron chi connectivity index (χ1n) is 5.80. The van der Waals surface area contributed by atoms with Crippen LogP contribution in [-0.2, 0) is 9.53 Å². The van der Waals surface area contributed by atoms with Crippen LogP contribution in [0.3, 0.4) is 0 Å². The van der Waals surface area contributed by atoms with Crippen molar-refractivity contribution in [1.29, 1.82) is 0 Å². The van der Waals surface area contributed by atoms with Gasteiger partial charge in [-0.25, -0.2) is 0 Å². The lowest BCUT2D eigenvalue weighted by Gasteiger charge is -2.00. The number of hydrogen-bond donors (Lipinski definition) is 1. The molecule has 2 rings (SSSR count). The maximum absolute atomic E-state index is 12.1. The van der Waals surface area contributed by atoms with Gasteiger partial charge in [-0.05, 0) is 13.0 Å². The number of benzene rings is 1. The highest BCUT2D eigenvalue weighted by atomic mass is 16.6. The Bertz CT molecular complexity index is 717. The quantitative estimate of drug-likeness (QED) is 0.303. The molecule has 0 radical (unpaired) electrons. The molecular formula is C13H12N2O5. The molecule has 0 aliphatic carbocycles. The molecule has 0 fully saturated rings. The molecule has 0 amide bonds. The number of aromatic nitrogens is 1. The fourth-order valence-electron chi connectivity index (χ4n) is 2.08. The fraction of sp³-hybridized carbons (Fsp3) is 0.231. The molecule has 0 spiro atoms. The van der Waals surface area contributed by atoms with Crippen LogP contribution in [0.4, 0.5) is 5.69 Å². The predicted octanol–water partition coefficient (Wildman–Crippen LogP) is 2.13. The third kappa shape index (κ3) is 2.37. The van der Waals surface area contributed by atoms with E-state index in [-0.39, 0.29) is 11.3 Å². The van der Waals surface area contributed by atoms with Crippen molar-refractivity contribution < 1.29 is 19.2 Å². The summed E-state index contributed by atoms with van der Waals surface area (Å²) < 4.78 is 4.45. The number of methoxy groups -OCH3 is 1. The van der Waals surface area contributed by atoms with E-state index in [1.165, 1.54) is 25.3 Å². The number of aromatic amines is 1. The topological polar surface area (TPSA) is 102 Å². The van der Waals surface area contributed by atoms with Crippen LogP contribution >= 0.6 is 0 Å². The van der Waals surface area contributed by atoms with Crippen LogP contribution in [0.1, 0.15) is 22.5 Å². The highest BCUT2D eigenvalue weighted by Crippen LogP contribution is 2.27. The molecule has 0 atom stereocenters. The lowest BCUT2D eigenvalue weighted by molar-refractivity contribution is -0.384. The Morgan fingerprint density at radius 2 is 2.10 bits per heavy atom. The second-order valence-electron chi connectivity index (χ2n) is 4.29. The predicted molar refractivity (Wildman–Crippen MR) is 70.7 cm³/mol. The molecule has 7 nitrogen and oxygen atoms in total. The third-order valence-electron chi connectivity index (χ3n) is 2.99. The summed E-state index contributed by atoms with van der Waals surface area (Å²) in [5, 5.41) is 11.2. The SMILES string of the molecule is COC(=O)CC(=O)c1c(C)[nH]c2ccc([N+](=O)[O-])cc12. The highest BCUT2D eigenvalue weighted by molar-refractivity contribution is 6.14. The van der Waals surface area contributed by atoms with Crippen molar-refractivity contribution in [3.63, 3.8) is 0 Å². The number of Topliss-reactive ketones (excluding diaryl/α,β-unsaturated/α-hetero) is 1. The average Bonchev–Trinajstić information content (AvgIpc) is 2.73. The molecular weight excluding hydrogens is 264 g/mol. The van der Waals surface area contributed by atoms with Gasteiger partial charge in [0.25, 0.3) is 5.69 Å². The summed E-state index contributed by atoms with van der Waals surface area (Å²) in [6, 6.07) is 4.21. The monoisotopic (exact) mass is 276 g/mol. The minimum Gasteiger partial charge on any atom is -0.469 e. The van der Waals surface area contributed by atoms with Gasteiger partial charge in [-0.1, -0.05) is 0 Å². The van der Waals surface area contributed by atoms with Gasteiger partial charge in [0.1, 0.15) is 6.42 Å². The second-order valence-corrected chi connectivity index (χ2v) is 4.29. The van der Waals surface area contributed by atoms with Gasteiger partial charge in [0, 0.05) is 34.3 Å². The van der Waals surface area contributed by atoms with Crippen LogP contribution in [0.15, 0.2) is 18.2 Å². The lowest BCUT2D eigenvalue weighted by Crippen LogP contribution is -2.10. The van der Waals surface area contributed by atoms with E-state index in [0.29, 0.717) is 16.6 Å². The van der Waals surface area contributed by atoms with Gasteiger partial charge in [0.2, 0.25) is 0 Å². The lowest BCUT2D eigenvalue weighted by atomic mass is 10.0. The van der Waals surface area contributed by atoms with Gasteiger partial charge in [-0.2, -0.15) is 0 Å². The zero-order chi connectivity index (χ0) is 14.9. The van der Waals surface area contributed by atoms with Crippen LogP contribution in [-0.4, -0.2) is 28.8 Å².